The van der Waals surface area contributed by atoms with E-state index in [4.69, 9.17) is 0 Å². The third-order valence-electron chi connectivity index (χ3n) is 3.93. The molecule has 0 aromatic heterocycles. The van der Waals surface area contributed by atoms with Crippen molar-refractivity contribution in [3.63, 3.8) is 0 Å². The average molecular weight is 378 g/mol. The number of hydrogen-bond donors (Lipinski definition) is 0. The number of benzene rings is 2. The lowest BCUT2D eigenvalue weighted by Crippen LogP contribution is -2.15. The Bertz CT molecular complexity index is 612. The van der Waals surface area contributed by atoms with Crippen molar-refractivity contribution in [1.82, 2.24) is 0 Å². The van der Waals surface area contributed by atoms with Crippen LogP contribution >= 0.6 is 22.6 Å². The van der Waals surface area contributed by atoms with E-state index < -0.39 is 0 Å². The first-order chi connectivity index (χ1) is 9.45. The second-order valence-electron chi connectivity index (χ2n) is 5.62. The summed E-state index contributed by atoms with van der Waals surface area (Å²) in [4.78, 5) is 12.5. The molecule has 2 aromatic rings. The summed E-state index contributed by atoms with van der Waals surface area (Å²) in [6.07, 6.45) is 1.08. The van der Waals surface area contributed by atoms with Crippen molar-refractivity contribution >= 4 is 28.4 Å². The summed E-state index contributed by atoms with van der Waals surface area (Å²) in [7, 11) is 0. The Labute approximate surface area is 134 Å². The topological polar surface area (TPSA) is 17.1 Å². The monoisotopic (exact) mass is 378 g/mol. The van der Waals surface area contributed by atoms with Gasteiger partial charge in [0.25, 0.3) is 0 Å². The van der Waals surface area contributed by atoms with E-state index in [-0.39, 0.29) is 11.2 Å². The predicted octanol–water partition coefficient (Wildman–Crippen LogP) is 5.21. The molecule has 0 heterocycles. The van der Waals surface area contributed by atoms with Crippen LogP contribution in [0.25, 0.3) is 0 Å². The van der Waals surface area contributed by atoms with E-state index in [1.807, 2.05) is 36.4 Å². The van der Waals surface area contributed by atoms with Gasteiger partial charge in [0.15, 0.2) is 5.78 Å². The molecule has 20 heavy (non-hydrogen) atoms. The fourth-order valence-electron chi connectivity index (χ4n) is 2.08. The van der Waals surface area contributed by atoms with Gasteiger partial charge in [-0.25, -0.2) is 0 Å². The number of carbonyl (C=O) groups excluding carboxylic acids is 1. The van der Waals surface area contributed by atoms with Gasteiger partial charge < -0.3 is 0 Å². The van der Waals surface area contributed by atoms with E-state index in [2.05, 4.69) is 55.5 Å². The van der Waals surface area contributed by atoms with Crippen molar-refractivity contribution in [1.29, 1.82) is 0 Å². The van der Waals surface area contributed by atoms with Gasteiger partial charge in [0, 0.05) is 14.7 Å². The SMILES string of the molecule is CCC(C)(C)c1ccc(C(=O)c2ccccc2I)cc1. The van der Waals surface area contributed by atoms with Crippen molar-refractivity contribution < 1.29 is 4.79 Å². The molecule has 0 saturated carbocycles. The molecule has 1 nitrogen and oxygen atoms in total. The molecule has 2 rings (SSSR count). The summed E-state index contributed by atoms with van der Waals surface area (Å²) in [6.45, 7) is 6.64. The van der Waals surface area contributed by atoms with Crippen LogP contribution < -0.4 is 0 Å². The van der Waals surface area contributed by atoms with Crippen LogP contribution in [0.3, 0.4) is 0 Å². The van der Waals surface area contributed by atoms with E-state index in [1.54, 1.807) is 0 Å². The molecule has 0 saturated heterocycles. The number of rotatable bonds is 4. The molecular weight excluding hydrogens is 359 g/mol. The zero-order valence-corrected chi connectivity index (χ0v) is 14.3. The third-order valence-corrected chi connectivity index (χ3v) is 4.87. The minimum absolute atomic E-state index is 0.0934. The summed E-state index contributed by atoms with van der Waals surface area (Å²) in [6, 6.07) is 15.7. The summed E-state index contributed by atoms with van der Waals surface area (Å²) >= 11 is 2.21. The molecule has 0 radical (unpaired) electrons. The molecule has 0 amide bonds. The Hall–Kier alpha value is -1.16. The fraction of sp³-hybridized carbons (Fsp3) is 0.278. The van der Waals surface area contributed by atoms with Crippen LogP contribution in [0.15, 0.2) is 48.5 Å². The Balaban J connectivity index is 2.32. The second kappa shape index (κ2) is 6.08. The van der Waals surface area contributed by atoms with Crippen LogP contribution in [0, 0.1) is 3.57 Å². The smallest absolute Gasteiger partial charge is 0.194 e. The van der Waals surface area contributed by atoms with Crippen molar-refractivity contribution in [3.8, 4) is 0 Å². The van der Waals surface area contributed by atoms with Gasteiger partial charge in [0.2, 0.25) is 0 Å². The number of carbonyl (C=O) groups is 1. The normalized spacial score (nSPS) is 11.4. The molecule has 0 N–H and O–H groups in total. The molecule has 0 aliphatic rings. The Kier molecular flexibility index (Phi) is 4.63. The van der Waals surface area contributed by atoms with Gasteiger partial charge in [-0.1, -0.05) is 57.2 Å². The van der Waals surface area contributed by atoms with Gasteiger partial charge in [-0.05, 0) is 52.1 Å². The quantitative estimate of drug-likeness (QED) is 0.527. The molecule has 0 atom stereocenters. The largest absolute Gasteiger partial charge is 0.289 e. The highest BCUT2D eigenvalue weighted by Gasteiger charge is 2.18. The average Bonchev–Trinajstić information content (AvgIpc) is 2.47. The first-order valence-electron chi connectivity index (χ1n) is 6.85. The molecule has 0 aliphatic heterocycles. The zero-order valence-electron chi connectivity index (χ0n) is 12.1. The predicted molar refractivity (Wildman–Crippen MR) is 92.4 cm³/mol. The van der Waals surface area contributed by atoms with E-state index in [9.17, 15) is 4.79 Å². The van der Waals surface area contributed by atoms with Crippen molar-refractivity contribution in [3.05, 3.63) is 68.8 Å². The van der Waals surface area contributed by atoms with Crippen molar-refractivity contribution in [2.75, 3.05) is 0 Å². The van der Waals surface area contributed by atoms with Gasteiger partial charge in [-0.3, -0.25) is 4.79 Å². The van der Waals surface area contributed by atoms with E-state index in [0.29, 0.717) is 0 Å². The van der Waals surface area contributed by atoms with Crippen molar-refractivity contribution in [2.24, 2.45) is 0 Å². The standard InChI is InChI=1S/C18H19IO/c1-4-18(2,3)14-11-9-13(10-12-14)17(20)15-7-5-6-8-16(15)19/h5-12H,4H2,1-3H3. The second-order valence-corrected chi connectivity index (χ2v) is 6.79. The molecule has 0 aliphatic carbocycles. The molecule has 0 unspecified atom stereocenters. The maximum Gasteiger partial charge on any atom is 0.194 e. The first kappa shape index (κ1) is 15.2. The lowest BCUT2D eigenvalue weighted by molar-refractivity contribution is 0.103. The van der Waals surface area contributed by atoms with Crippen LogP contribution in [0.4, 0.5) is 0 Å². The zero-order chi connectivity index (χ0) is 14.8. The molecule has 2 aromatic carbocycles. The molecule has 104 valence electrons. The maximum atomic E-state index is 12.5. The van der Waals surface area contributed by atoms with Gasteiger partial charge in [0.05, 0.1) is 0 Å². The third kappa shape index (κ3) is 3.11. The molecule has 0 spiro atoms. The number of halogens is 1. The summed E-state index contributed by atoms with van der Waals surface area (Å²) in [5.41, 5.74) is 2.96. The minimum Gasteiger partial charge on any atom is -0.289 e. The Morgan fingerprint density at radius 3 is 2.20 bits per heavy atom. The van der Waals surface area contributed by atoms with Crippen LogP contribution in [-0.4, -0.2) is 5.78 Å². The van der Waals surface area contributed by atoms with E-state index in [0.717, 1.165) is 21.1 Å². The summed E-state index contributed by atoms with van der Waals surface area (Å²) in [5.74, 6) is 0.0934. The number of ketones is 1. The Morgan fingerprint density at radius 2 is 1.65 bits per heavy atom. The van der Waals surface area contributed by atoms with Crippen LogP contribution in [-0.2, 0) is 5.41 Å². The Morgan fingerprint density at radius 1 is 1.05 bits per heavy atom. The highest BCUT2D eigenvalue weighted by molar-refractivity contribution is 14.1. The van der Waals surface area contributed by atoms with Gasteiger partial charge in [-0.2, -0.15) is 0 Å². The molecule has 0 bridgehead atoms. The van der Waals surface area contributed by atoms with Crippen LogP contribution in [0.5, 0.6) is 0 Å². The number of hydrogen-bond acceptors (Lipinski definition) is 1. The molecular formula is C18H19IO. The summed E-state index contributed by atoms with van der Waals surface area (Å²) in [5, 5.41) is 0. The van der Waals surface area contributed by atoms with Gasteiger partial charge in [-0.15, -0.1) is 0 Å². The fourth-order valence-corrected chi connectivity index (χ4v) is 2.71. The molecule has 2 heteroatoms. The highest BCUT2D eigenvalue weighted by Crippen LogP contribution is 2.27. The van der Waals surface area contributed by atoms with Gasteiger partial charge >= 0.3 is 0 Å². The molecule has 0 fully saturated rings. The summed E-state index contributed by atoms with van der Waals surface area (Å²) < 4.78 is 0.994. The van der Waals surface area contributed by atoms with Crippen LogP contribution in [0.1, 0.15) is 48.7 Å². The van der Waals surface area contributed by atoms with E-state index in [1.165, 1.54) is 5.56 Å². The first-order valence-corrected chi connectivity index (χ1v) is 7.93. The van der Waals surface area contributed by atoms with Gasteiger partial charge in [0.1, 0.15) is 0 Å². The lowest BCUT2D eigenvalue weighted by atomic mass is 9.82. The van der Waals surface area contributed by atoms with Crippen molar-refractivity contribution in [2.45, 2.75) is 32.6 Å². The minimum atomic E-state index is 0.0934. The van der Waals surface area contributed by atoms with Crippen LogP contribution in [0.2, 0.25) is 0 Å². The van der Waals surface area contributed by atoms with E-state index >= 15 is 0 Å². The maximum absolute atomic E-state index is 12.5. The lowest BCUT2D eigenvalue weighted by Gasteiger charge is -2.23. The highest BCUT2D eigenvalue weighted by atomic mass is 127.